The van der Waals surface area contributed by atoms with Gasteiger partial charge >= 0.3 is 0 Å². The minimum absolute atomic E-state index is 0.127. The van der Waals surface area contributed by atoms with Crippen molar-refractivity contribution >= 4 is 34.0 Å². The highest BCUT2D eigenvalue weighted by Crippen LogP contribution is 2.28. The van der Waals surface area contributed by atoms with Crippen molar-refractivity contribution in [3.63, 3.8) is 0 Å². The van der Waals surface area contributed by atoms with E-state index in [0.29, 0.717) is 27.8 Å². The number of nitrogens with zero attached hydrogens (tertiary/aromatic N) is 2. The number of carbonyl (C=O) groups excluding carboxylic acids is 2. The average Bonchev–Trinajstić information content (AvgIpc) is 3.16. The van der Waals surface area contributed by atoms with E-state index >= 15 is 0 Å². The summed E-state index contributed by atoms with van der Waals surface area (Å²) in [4.78, 5) is 24.8. The van der Waals surface area contributed by atoms with Crippen LogP contribution in [0, 0.1) is 5.92 Å². The standard InChI is InChI=1S/C21H22N4O3S/c1-13(2)12-18(26)22-17-7-5-4-6-16(17)19(27)23-21-25-24-20(29-21)14-8-10-15(28-3)11-9-14/h4-11,13H,12H2,1-3H3,(H,22,26)(H,23,25,27). The largest absolute Gasteiger partial charge is 0.497 e. The second kappa shape index (κ2) is 9.29. The second-order valence-electron chi connectivity index (χ2n) is 6.79. The molecule has 0 aliphatic carbocycles. The van der Waals surface area contributed by atoms with Crippen LogP contribution in [0.3, 0.4) is 0 Å². The van der Waals surface area contributed by atoms with E-state index in [2.05, 4.69) is 20.8 Å². The Morgan fingerprint density at radius 3 is 2.45 bits per heavy atom. The highest BCUT2D eigenvalue weighted by atomic mass is 32.1. The number of hydrogen-bond donors (Lipinski definition) is 2. The maximum atomic E-state index is 12.7. The number of ether oxygens (including phenoxy) is 1. The summed E-state index contributed by atoms with van der Waals surface area (Å²) < 4.78 is 5.15. The quantitative estimate of drug-likeness (QED) is 0.600. The molecule has 0 aliphatic rings. The van der Waals surface area contributed by atoms with Gasteiger partial charge in [-0.15, -0.1) is 10.2 Å². The molecule has 29 heavy (non-hydrogen) atoms. The van der Waals surface area contributed by atoms with Gasteiger partial charge in [0.1, 0.15) is 10.8 Å². The fraction of sp³-hybridized carbons (Fsp3) is 0.238. The van der Waals surface area contributed by atoms with Crippen LogP contribution in [0.1, 0.15) is 30.6 Å². The van der Waals surface area contributed by atoms with E-state index in [1.807, 2.05) is 38.1 Å². The number of benzene rings is 2. The maximum Gasteiger partial charge on any atom is 0.259 e. The molecular formula is C21H22N4O3S. The summed E-state index contributed by atoms with van der Waals surface area (Å²) in [6.07, 6.45) is 0.386. The fourth-order valence-electron chi connectivity index (χ4n) is 2.65. The van der Waals surface area contributed by atoms with Crippen LogP contribution in [-0.4, -0.2) is 29.1 Å². The SMILES string of the molecule is COc1ccc(-c2nnc(NC(=O)c3ccccc3NC(=O)CC(C)C)s2)cc1. The van der Waals surface area contributed by atoms with Crippen molar-refractivity contribution in [3.05, 3.63) is 54.1 Å². The van der Waals surface area contributed by atoms with Crippen molar-refractivity contribution in [2.45, 2.75) is 20.3 Å². The molecule has 0 radical (unpaired) electrons. The molecule has 2 amide bonds. The third kappa shape index (κ3) is 5.39. The third-order valence-corrected chi connectivity index (χ3v) is 4.91. The fourth-order valence-corrected chi connectivity index (χ4v) is 3.39. The van der Waals surface area contributed by atoms with Crippen LogP contribution in [-0.2, 0) is 4.79 Å². The first-order valence-electron chi connectivity index (χ1n) is 9.14. The minimum atomic E-state index is -0.358. The molecule has 1 aromatic heterocycles. The molecule has 0 bridgehead atoms. The number of para-hydroxylation sites is 1. The number of amides is 2. The Morgan fingerprint density at radius 1 is 1.03 bits per heavy atom. The van der Waals surface area contributed by atoms with Gasteiger partial charge in [0.25, 0.3) is 5.91 Å². The van der Waals surface area contributed by atoms with E-state index in [9.17, 15) is 9.59 Å². The Balaban J connectivity index is 1.72. The zero-order chi connectivity index (χ0) is 20.8. The van der Waals surface area contributed by atoms with E-state index in [1.165, 1.54) is 11.3 Å². The molecule has 0 saturated heterocycles. The highest BCUT2D eigenvalue weighted by molar-refractivity contribution is 7.18. The molecule has 0 spiro atoms. The van der Waals surface area contributed by atoms with Gasteiger partial charge in [-0.3, -0.25) is 14.9 Å². The first-order valence-corrected chi connectivity index (χ1v) is 9.96. The van der Waals surface area contributed by atoms with Crippen molar-refractivity contribution < 1.29 is 14.3 Å². The smallest absolute Gasteiger partial charge is 0.259 e. The Kier molecular flexibility index (Phi) is 6.56. The molecule has 3 rings (SSSR count). The number of methoxy groups -OCH3 is 1. The number of nitrogens with one attached hydrogen (secondary N) is 2. The summed E-state index contributed by atoms with van der Waals surface area (Å²) in [5, 5.41) is 14.8. The number of hydrogen-bond acceptors (Lipinski definition) is 6. The summed E-state index contributed by atoms with van der Waals surface area (Å²) >= 11 is 1.27. The number of carbonyl (C=O) groups is 2. The van der Waals surface area contributed by atoms with Crippen molar-refractivity contribution in [1.82, 2.24) is 10.2 Å². The molecule has 2 N–H and O–H groups in total. The van der Waals surface area contributed by atoms with Gasteiger partial charge in [-0.1, -0.05) is 37.3 Å². The van der Waals surface area contributed by atoms with E-state index in [0.717, 1.165) is 11.3 Å². The molecule has 0 saturated carbocycles. The van der Waals surface area contributed by atoms with Gasteiger partial charge in [-0.25, -0.2) is 0 Å². The number of aromatic nitrogens is 2. The lowest BCUT2D eigenvalue weighted by molar-refractivity contribution is -0.116. The summed E-state index contributed by atoms with van der Waals surface area (Å²) in [5.41, 5.74) is 1.71. The first-order chi connectivity index (χ1) is 14.0. The molecule has 2 aromatic carbocycles. The Hall–Kier alpha value is -3.26. The lowest BCUT2D eigenvalue weighted by Gasteiger charge is -2.11. The molecule has 7 nitrogen and oxygen atoms in total. The Labute approximate surface area is 173 Å². The molecule has 0 atom stereocenters. The molecule has 150 valence electrons. The summed E-state index contributed by atoms with van der Waals surface area (Å²) in [6.45, 7) is 3.93. The van der Waals surface area contributed by atoms with Crippen LogP contribution in [0.4, 0.5) is 10.8 Å². The molecule has 0 aliphatic heterocycles. The molecular weight excluding hydrogens is 388 g/mol. The predicted molar refractivity (Wildman–Crippen MR) is 114 cm³/mol. The van der Waals surface area contributed by atoms with Crippen LogP contribution in [0.2, 0.25) is 0 Å². The van der Waals surface area contributed by atoms with Crippen molar-refractivity contribution in [2.75, 3.05) is 17.7 Å². The van der Waals surface area contributed by atoms with Gasteiger partial charge in [-0.2, -0.15) is 0 Å². The lowest BCUT2D eigenvalue weighted by atomic mass is 10.1. The first kappa shape index (κ1) is 20.5. The topological polar surface area (TPSA) is 93.2 Å². The second-order valence-corrected chi connectivity index (χ2v) is 7.76. The zero-order valence-corrected chi connectivity index (χ0v) is 17.2. The van der Waals surface area contributed by atoms with Gasteiger partial charge in [-0.05, 0) is 42.3 Å². The van der Waals surface area contributed by atoms with Crippen molar-refractivity contribution in [1.29, 1.82) is 0 Å². The van der Waals surface area contributed by atoms with E-state index in [-0.39, 0.29) is 17.7 Å². The molecule has 3 aromatic rings. The van der Waals surface area contributed by atoms with Crippen LogP contribution in [0.5, 0.6) is 5.75 Å². The van der Waals surface area contributed by atoms with Crippen LogP contribution < -0.4 is 15.4 Å². The predicted octanol–water partition coefficient (Wildman–Crippen LogP) is 4.45. The lowest BCUT2D eigenvalue weighted by Crippen LogP contribution is -2.19. The van der Waals surface area contributed by atoms with Gasteiger partial charge in [0.15, 0.2) is 0 Å². The normalized spacial score (nSPS) is 10.6. The van der Waals surface area contributed by atoms with Gasteiger partial charge in [0, 0.05) is 12.0 Å². The summed E-state index contributed by atoms with van der Waals surface area (Å²) in [7, 11) is 1.61. The molecule has 1 heterocycles. The zero-order valence-electron chi connectivity index (χ0n) is 16.4. The van der Waals surface area contributed by atoms with Gasteiger partial charge in [0.05, 0.1) is 18.4 Å². The van der Waals surface area contributed by atoms with Crippen molar-refractivity contribution in [2.24, 2.45) is 5.92 Å². The average molecular weight is 410 g/mol. The minimum Gasteiger partial charge on any atom is -0.497 e. The van der Waals surface area contributed by atoms with Crippen molar-refractivity contribution in [3.8, 4) is 16.3 Å². The van der Waals surface area contributed by atoms with Gasteiger partial charge < -0.3 is 10.1 Å². The number of rotatable bonds is 7. The monoisotopic (exact) mass is 410 g/mol. The Bertz CT molecular complexity index is 999. The van der Waals surface area contributed by atoms with Crippen LogP contribution >= 0.6 is 11.3 Å². The third-order valence-electron chi connectivity index (χ3n) is 4.02. The maximum absolute atomic E-state index is 12.7. The summed E-state index contributed by atoms with van der Waals surface area (Å²) in [6, 6.07) is 14.3. The molecule has 8 heteroatoms. The van der Waals surface area contributed by atoms with E-state index < -0.39 is 0 Å². The summed E-state index contributed by atoms with van der Waals surface area (Å²) in [5.74, 6) is 0.498. The Morgan fingerprint density at radius 2 is 1.76 bits per heavy atom. The highest BCUT2D eigenvalue weighted by Gasteiger charge is 2.16. The van der Waals surface area contributed by atoms with E-state index in [4.69, 9.17) is 4.74 Å². The van der Waals surface area contributed by atoms with Crippen LogP contribution in [0.15, 0.2) is 48.5 Å². The number of anilines is 2. The van der Waals surface area contributed by atoms with E-state index in [1.54, 1.807) is 31.4 Å². The molecule has 0 unspecified atom stereocenters. The van der Waals surface area contributed by atoms with Gasteiger partial charge in [0.2, 0.25) is 11.0 Å². The van der Waals surface area contributed by atoms with Crippen LogP contribution in [0.25, 0.3) is 10.6 Å². The molecule has 0 fully saturated rings.